The summed E-state index contributed by atoms with van der Waals surface area (Å²) in [6.07, 6.45) is 0.541. The lowest BCUT2D eigenvalue weighted by Crippen LogP contribution is -2.29. The molecule has 3 rings (SSSR count). The molecule has 0 aromatic heterocycles. The molecule has 0 saturated carbocycles. The number of amides is 2. The summed E-state index contributed by atoms with van der Waals surface area (Å²) in [4.78, 5) is 24.2. The molecule has 1 fully saturated rings. The van der Waals surface area contributed by atoms with E-state index >= 15 is 0 Å². The van der Waals surface area contributed by atoms with Crippen molar-refractivity contribution < 1.29 is 18.0 Å². The summed E-state index contributed by atoms with van der Waals surface area (Å²) in [6.45, 7) is 0.380. The van der Waals surface area contributed by atoms with Crippen LogP contribution in [0.5, 0.6) is 0 Å². The predicted molar refractivity (Wildman–Crippen MR) is 101 cm³/mol. The summed E-state index contributed by atoms with van der Waals surface area (Å²) in [5.41, 5.74) is 1.20. The van der Waals surface area contributed by atoms with Gasteiger partial charge in [0.2, 0.25) is 10.0 Å². The van der Waals surface area contributed by atoms with E-state index in [1.807, 2.05) is 6.07 Å². The van der Waals surface area contributed by atoms with Gasteiger partial charge < -0.3 is 10.6 Å². The Labute approximate surface area is 156 Å². The molecule has 1 heterocycles. The maximum absolute atomic E-state index is 12.1. The molecule has 1 saturated heterocycles. The number of para-hydroxylation sites is 1. The van der Waals surface area contributed by atoms with Crippen LogP contribution in [0.15, 0.2) is 48.5 Å². The molecule has 1 aliphatic rings. The summed E-state index contributed by atoms with van der Waals surface area (Å²) in [5.74, 6) is -1.77. The van der Waals surface area contributed by atoms with Crippen molar-refractivity contribution in [1.82, 2.24) is 0 Å². The number of nitriles is 1. The van der Waals surface area contributed by atoms with Gasteiger partial charge in [-0.25, -0.2) is 8.42 Å². The third-order valence-electron chi connectivity index (χ3n) is 3.99. The molecular formula is C18H16N4O4S. The first kappa shape index (κ1) is 18.4. The third kappa shape index (κ3) is 4.07. The second kappa shape index (κ2) is 7.47. The third-order valence-corrected chi connectivity index (χ3v) is 5.86. The summed E-state index contributed by atoms with van der Waals surface area (Å²) < 4.78 is 25.3. The first-order chi connectivity index (χ1) is 12.9. The van der Waals surface area contributed by atoms with E-state index in [2.05, 4.69) is 10.6 Å². The maximum Gasteiger partial charge on any atom is 0.314 e. The lowest BCUT2D eigenvalue weighted by molar-refractivity contribution is -0.133. The Hall–Kier alpha value is -3.38. The van der Waals surface area contributed by atoms with Gasteiger partial charge in [-0.05, 0) is 36.8 Å². The minimum Gasteiger partial charge on any atom is -0.318 e. The van der Waals surface area contributed by atoms with E-state index in [-0.39, 0.29) is 17.0 Å². The molecule has 0 radical (unpaired) electrons. The van der Waals surface area contributed by atoms with Gasteiger partial charge in [0.25, 0.3) is 0 Å². The molecule has 2 aromatic rings. The topological polar surface area (TPSA) is 119 Å². The predicted octanol–water partition coefficient (Wildman–Crippen LogP) is 1.68. The second-order valence-corrected chi connectivity index (χ2v) is 7.87. The Balaban J connectivity index is 1.72. The maximum atomic E-state index is 12.1. The fraction of sp³-hybridized carbons (Fsp3) is 0.167. The number of rotatable bonds is 3. The molecule has 1 aliphatic heterocycles. The van der Waals surface area contributed by atoms with Crippen LogP contribution >= 0.6 is 0 Å². The van der Waals surface area contributed by atoms with Gasteiger partial charge in [0, 0.05) is 12.2 Å². The number of nitrogens with zero attached hydrogens (tertiary/aromatic N) is 2. The van der Waals surface area contributed by atoms with Crippen LogP contribution in [-0.2, 0) is 19.6 Å². The molecule has 8 nitrogen and oxygen atoms in total. The van der Waals surface area contributed by atoms with E-state index in [0.717, 1.165) is 0 Å². The Morgan fingerprint density at radius 1 is 1.04 bits per heavy atom. The molecule has 0 spiro atoms. The van der Waals surface area contributed by atoms with Gasteiger partial charge in [-0.15, -0.1) is 0 Å². The number of benzene rings is 2. The lowest BCUT2D eigenvalue weighted by Gasteiger charge is -2.17. The van der Waals surface area contributed by atoms with E-state index in [1.165, 1.54) is 22.5 Å². The Morgan fingerprint density at radius 2 is 1.78 bits per heavy atom. The fourth-order valence-electron chi connectivity index (χ4n) is 2.72. The molecule has 2 N–H and O–H groups in total. The van der Waals surface area contributed by atoms with Crippen molar-refractivity contribution in [1.29, 1.82) is 5.26 Å². The van der Waals surface area contributed by atoms with Gasteiger partial charge in [-0.1, -0.05) is 18.2 Å². The van der Waals surface area contributed by atoms with Crippen LogP contribution in [0.2, 0.25) is 0 Å². The quantitative estimate of drug-likeness (QED) is 0.780. The normalized spacial score (nSPS) is 15.0. The van der Waals surface area contributed by atoms with E-state index in [0.29, 0.717) is 24.3 Å². The average Bonchev–Trinajstić information content (AvgIpc) is 3.01. The molecule has 0 atom stereocenters. The van der Waals surface area contributed by atoms with Crippen LogP contribution < -0.4 is 14.9 Å². The standard InChI is InChI=1S/C18H16N4O4S/c19-12-13-5-1-2-8-16(13)21-18(24)17(23)20-14-6-3-7-15(11-14)22-9-4-10-27(22,25)26/h1-3,5-8,11H,4,9-10H2,(H,20,23)(H,21,24). The average molecular weight is 384 g/mol. The van der Waals surface area contributed by atoms with Gasteiger partial charge in [0.05, 0.1) is 22.7 Å². The molecule has 9 heteroatoms. The summed E-state index contributed by atoms with van der Waals surface area (Å²) >= 11 is 0. The number of carbonyl (C=O) groups is 2. The van der Waals surface area contributed by atoms with E-state index in [4.69, 9.17) is 5.26 Å². The minimum atomic E-state index is -3.34. The smallest absolute Gasteiger partial charge is 0.314 e. The molecule has 138 valence electrons. The number of nitrogens with one attached hydrogen (secondary N) is 2. The van der Waals surface area contributed by atoms with E-state index < -0.39 is 21.8 Å². The molecular weight excluding hydrogens is 368 g/mol. The molecule has 0 aliphatic carbocycles. The SMILES string of the molecule is N#Cc1ccccc1NC(=O)C(=O)Nc1cccc(N2CCCS2(=O)=O)c1. The largest absolute Gasteiger partial charge is 0.318 e. The number of sulfonamides is 1. The van der Waals surface area contributed by atoms with Gasteiger partial charge in [-0.3, -0.25) is 13.9 Å². The summed E-state index contributed by atoms with van der Waals surface area (Å²) in [7, 11) is -3.34. The van der Waals surface area contributed by atoms with E-state index in [9.17, 15) is 18.0 Å². The second-order valence-electron chi connectivity index (χ2n) is 5.86. The van der Waals surface area contributed by atoms with Crippen molar-refractivity contribution in [2.45, 2.75) is 6.42 Å². The first-order valence-corrected chi connectivity index (χ1v) is 9.73. The highest BCUT2D eigenvalue weighted by atomic mass is 32.2. The highest BCUT2D eigenvalue weighted by Gasteiger charge is 2.28. The van der Waals surface area contributed by atoms with Crippen molar-refractivity contribution in [2.24, 2.45) is 0 Å². The summed E-state index contributed by atoms with van der Waals surface area (Å²) in [6, 6.07) is 14.5. The molecule has 2 aromatic carbocycles. The first-order valence-electron chi connectivity index (χ1n) is 8.12. The fourth-order valence-corrected chi connectivity index (χ4v) is 4.28. The highest BCUT2D eigenvalue weighted by molar-refractivity contribution is 7.93. The zero-order valence-electron chi connectivity index (χ0n) is 14.2. The monoisotopic (exact) mass is 384 g/mol. The number of hydrogen-bond acceptors (Lipinski definition) is 5. The lowest BCUT2D eigenvalue weighted by atomic mass is 10.2. The molecule has 2 amide bonds. The van der Waals surface area contributed by atoms with Crippen molar-refractivity contribution >= 4 is 38.9 Å². The van der Waals surface area contributed by atoms with Crippen LogP contribution in [0.4, 0.5) is 17.1 Å². The van der Waals surface area contributed by atoms with Crippen molar-refractivity contribution in [3.63, 3.8) is 0 Å². The van der Waals surface area contributed by atoms with Gasteiger partial charge in [0.15, 0.2) is 0 Å². The minimum absolute atomic E-state index is 0.0876. The highest BCUT2D eigenvalue weighted by Crippen LogP contribution is 2.26. The molecule has 0 unspecified atom stereocenters. The Bertz CT molecular complexity index is 1040. The van der Waals surface area contributed by atoms with Crippen molar-refractivity contribution in [2.75, 3.05) is 27.2 Å². The Morgan fingerprint density at radius 3 is 2.48 bits per heavy atom. The zero-order valence-corrected chi connectivity index (χ0v) is 15.0. The van der Waals surface area contributed by atoms with Gasteiger partial charge in [-0.2, -0.15) is 5.26 Å². The van der Waals surface area contributed by atoms with Gasteiger partial charge in [0.1, 0.15) is 6.07 Å². The van der Waals surface area contributed by atoms with Crippen LogP contribution in [-0.4, -0.2) is 32.5 Å². The van der Waals surface area contributed by atoms with E-state index in [1.54, 1.807) is 30.3 Å². The summed E-state index contributed by atoms with van der Waals surface area (Å²) in [5, 5.41) is 13.8. The van der Waals surface area contributed by atoms with Crippen LogP contribution in [0.25, 0.3) is 0 Å². The number of hydrogen-bond donors (Lipinski definition) is 2. The van der Waals surface area contributed by atoms with Crippen LogP contribution in [0, 0.1) is 11.3 Å². The van der Waals surface area contributed by atoms with Crippen molar-refractivity contribution in [3.05, 3.63) is 54.1 Å². The zero-order chi connectivity index (χ0) is 19.4. The molecule has 27 heavy (non-hydrogen) atoms. The Kier molecular flexibility index (Phi) is 5.09. The molecule has 0 bridgehead atoms. The van der Waals surface area contributed by atoms with Crippen molar-refractivity contribution in [3.8, 4) is 6.07 Å². The van der Waals surface area contributed by atoms with Crippen LogP contribution in [0.3, 0.4) is 0 Å². The van der Waals surface area contributed by atoms with Crippen LogP contribution in [0.1, 0.15) is 12.0 Å². The van der Waals surface area contributed by atoms with Gasteiger partial charge >= 0.3 is 11.8 Å². The number of anilines is 3. The number of carbonyl (C=O) groups excluding carboxylic acids is 2.